The fourth-order valence-electron chi connectivity index (χ4n) is 3.51. The van der Waals surface area contributed by atoms with E-state index in [9.17, 15) is 4.79 Å². The number of fused-ring (bicyclic) bond motifs is 1. The number of rotatable bonds is 10. The lowest BCUT2D eigenvalue weighted by molar-refractivity contribution is 0.0606. The van der Waals surface area contributed by atoms with Crippen molar-refractivity contribution in [1.29, 1.82) is 0 Å². The van der Waals surface area contributed by atoms with Crippen LogP contribution in [0.4, 0.5) is 5.69 Å². The molecule has 0 fully saturated rings. The third-order valence-corrected chi connectivity index (χ3v) is 5.03. The first kappa shape index (κ1) is 20.2. The van der Waals surface area contributed by atoms with Crippen LogP contribution in [0.25, 0.3) is 0 Å². The molecule has 1 atom stereocenters. The van der Waals surface area contributed by atoms with Crippen molar-refractivity contribution in [3.8, 4) is 5.75 Å². The number of nitrogens with zero attached hydrogens (tertiary/aromatic N) is 1. The van der Waals surface area contributed by atoms with E-state index in [-0.39, 0.29) is 12.1 Å². The summed E-state index contributed by atoms with van der Waals surface area (Å²) in [5.74, 6) is 0.834. The number of unbranched alkanes of at least 4 members (excludes halogenated alkanes) is 3. The molecule has 0 saturated heterocycles. The average molecular weight is 383 g/mol. The van der Waals surface area contributed by atoms with E-state index in [1.54, 1.807) is 7.11 Å². The minimum absolute atomic E-state index is 0.00847. The van der Waals surface area contributed by atoms with Crippen LogP contribution >= 0.6 is 0 Å². The van der Waals surface area contributed by atoms with Crippen molar-refractivity contribution in [3.63, 3.8) is 0 Å². The summed E-state index contributed by atoms with van der Waals surface area (Å²) in [6.45, 7) is 3.87. The molecule has 28 heavy (non-hydrogen) atoms. The predicted molar refractivity (Wildman–Crippen MR) is 112 cm³/mol. The lowest BCUT2D eigenvalue weighted by Gasteiger charge is -2.38. The van der Waals surface area contributed by atoms with Gasteiger partial charge in [0.1, 0.15) is 11.9 Å². The molecule has 1 heterocycles. The first-order chi connectivity index (χ1) is 13.8. The van der Waals surface area contributed by atoms with Crippen LogP contribution in [0.3, 0.4) is 0 Å². The standard InChI is InChI=1S/C23H30N2O3/c1-3-4-5-10-16-28-21-14-9-7-12-19(21)22-24-20-13-8-6-11-18(20)23(26)25(22)15-17-27-2/h6-9,11-14,22,24H,3-5,10,15-17H2,1-2H3. The van der Waals surface area contributed by atoms with E-state index in [2.05, 4.69) is 12.2 Å². The predicted octanol–water partition coefficient (Wildman–Crippen LogP) is 4.86. The van der Waals surface area contributed by atoms with Crippen LogP contribution in [-0.4, -0.2) is 37.7 Å². The Bertz CT molecular complexity index is 778. The van der Waals surface area contributed by atoms with Gasteiger partial charge in [-0.25, -0.2) is 0 Å². The molecule has 1 unspecified atom stereocenters. The highest BCUT2D eigenvalue weighted by molar-refractivity contribution is 6.01. The molecule has 2 aromatic carbocycles. The van der Waals surface area contributed by atoms with E-state index >= 15 is 0 Å². The number of hydrogen-bond acceptors (Lipinski definition) is 4. The Morgan fingerprint density at radius 1 is 1.00 bits per heavy atom. The monoisotopic (exact) mass is 382 g/mol. The molecule has 5 nitrogen and oxygen atoms in total. The molecule has 150 valence electrons. The molecule has 3 rings (SSSR count). The van der Waals surface area contributed by atoms with Gasteiger partial charge in [-0.2, -0.15) is 0 Å². The van der Waals surface area contributed by atoms with Gasteiger partial charge in [0, 0.05) is 24.9 Å². The number of benzene rings is 2. The molecule has 5 heteroatoms. The van der Waals surface area contributed by atoms with Gasteiger partial charge in [0.05, 0.1) is 18.8 Å². The van der Waals surface area contributed by atoms with E-state index in [0.29, 0.717) is 25.3 Å². The fraction of sp³-hybridized carbons (Fsp3) is 0.435. The maximum atomic E-state index is 13.1. The second-order valence-corrected chi connectivity index (χ2v) is 7.03. The summed E-state index contributed by atoms with van der Waals surface area (Å²) in [5, 5.41) is 3.52. The number of amides is 1. The highest BCUT2D eigenvalue weighted by Gasteiger charge is 2.33. The Balaban J connectivity index is 1.84. The Morgan fingerprint density at radius 2 is 1.79 bits per heavy atom. The molecular weight excluding hydrogens is 352 g/mol. The molecule has 0 aromatic heterocycles. The lowest BCUT2D eigenvalue weighted by Crippen LogP contribution is -2.44. The third kappa shape index (κ3) is 4.65. The van der Waals surface area contributed by atoms with Crippen molar-refractivity contribution in [2.24, 2.45) is 0 Å². The van der Waals surface area contributed by atoms with Crippen LogP contribution in [0, 0.1) is 0 Å². The molecule has 0 spiro atoms. The normalized spacial score (nSPS) is 15.9. The number of anilines is 1. The molecule has 1 aliphatic rings. The Kier molecular flexibility index (Phi) is 7.31. The second kappa shape index (κ2) is 10.1. The highest BCUT2D eigenvalue weighted by Crippen LogP contribution is 2.36. The zero-order chi connectivity index (χ0) is 19.8. The molecule has 0 saturated carbocycles. The van der Waals surface area contributed by atoms with Gasteiger partial charge >= 0.3 is 0 Å². The van der Waals surface area contributed by atoms with Crippen LogP contribution in [0.5, 0.6) is 5.75 Å². The van der Waals surface area contributed by atoms with Crippen LogP contribution in [-0.2, 0) is 4.74 Å². The number of carbonyl (C=O) groups excluding carboxylic acids is 1. The number of para-hydroxylation sites is 2. The number of carbonyl (C=O) groups is 1. The average Bonchev–Trinajstić information content (AvgIpc) is 2.73. The zero-order valence-electron chi connectivity index (χ0n) is 16.8. The van der Waals surface area contributed by atoms with Gasteiger partial charge in [0.2, 0.25) is 0 Å². The van der Waals surface area contributed by atoms with E-state index < -0.39 is 0 Å². The lowest BCUT2D eigenvalue weighted by atomic mass is 10.0. The van der Waals surface area contributed by atoms with Crippen molar-refractivity contribution in [1.82, 2.24) is 4.90 Å². The van der Waals surface area contributed by atoms with Gasteiger partial charge in [0.15, 0.2) is 0 Å². The van der Waals surface area contributed by atoms with Crippen molar-refractivity contribution >= 4 is 11.6 Å². The first-order valence-electron chi connectivity index (χ1n) is 10.1. The number of hydrogen-bond donors (Lipinski definition) is 1. The molecule has 0 radical (unpaired) electrons. The van der Waals surface area contributed by atoms with Crippen molar-refractivity contribution in [3.05, 3.63) is 59.7 Å². The molecule has 0 aliphatic carbocycles. The minimum atomic E-state index is -0.288. The van der Waals surface area contributed by atoms with Gasteiger partial charge in [0.25, 0.3) is 5.91 Å². The third-order valence-electron chi connectivity index (χ3n) is 5.03. The van der Waals surface area contributed by atoms with Crippen LogP contribution in [0.2, 0.25) is 0 Å². The van der Waals surface area contributed by atoms with Crippen LogP contribution < -0.4 is 10.1 Å². The summed E-state index contributed by atoms with van der Waals surface area (Å²) in [5.41, 5.74) is 2.51. The Morgan fingerprint density at radius 3 is 2.61 bits per heavy atom. The molecular formula is C23H30N2O3. The van der Waals surface area contributed by atoms with Gasteiger partial charge in [-0.1, -0.05) is 56.5 Å². The van der Waals surface area contributed by atoms with E-state index in [0.717, 1.165) is 23.4 Å². The van der Waals surface area contributed by atoms with Crippen LogP contribution in [0.15, 0.2) is 48.5 Å². The fourth-order valence-corrected chi connectivity index (χ4v) is 3.51. The van der Waals surface area contributed by atoms with E-state index in [4.69, 9.17) is 9.47 Å². The molecule has 2 aromatic rings. The van der Waals surface area contributed by atoms with Gasteiger partial charge < -0.3 is 19.7 Å². The first-order valence-corrected chi connectivity index (χ1v) is 10.1. The summed E-state index contributed by atoms with van der Waals surface area (Å²) >= 11 is 0. The quantitative estimate of drug-likeness (QED) is 0.596. The summed E-state index contributed by atoms with van der Waals surface area (Å²) in [6, 6.07) is 15.6. The van der Waals surface area contributed by atoms with Gasteiger partial charge in [-0.15, -0.1) is 0 Å². The largest absolute Gasteiger partial charge is 0.493 e. The zero-order valence-corrected chi connectivity index (χ0v) is 16.8. The van der Waals surface area contributed by atoms with Gasteiger partial charge in [-0.3, -0.25) is 4.79 Å². The molecule has 1 aliphatic heterocycles. The second-order valence-electron chi connectivity index (χ2n) is 7.03. The topological polar surface area (TPSA) is 50.8 Å². The Labute approximate surface area is 167 Å². The smallest absolute Gasteiger partial charge is 0.257 e. The number of nitrogens with one attached hydrogen (secondary N) is 1. The summed E-state index contributed by atoms with van der Waals surface area (Å²) in [7, 11) is 1.65. The maximum absolute atomic E-state index is 13.1. The summed E-state index contributed by atoms with van der Waals surface area (Å²) in [6.07, 6.45) is 4.36. The molecule has 0 bridgehead atoms. The van der Waals surface area contributed by atoms with Crippen molar-refractivity contribution in [2.45, 2.75) is 38.8 Å². The Hall–Kier alpha value is -2.53. The van der Waals surface area contributed by atoms with Gasteiger partial charge in [-0.05, 0) is 24.6 Å². The maximum Gasteiger partial charge on any atom is 0.257 e. The minimum Gasteiger partial charge on any atom is -0.493 e. The van der Waals surface area contributed by atoms with Crippen molar-refractivity contribution < 1.29 is 14.3 Å². The number of ether oxygens (including phenoxy) is 2. The summed E-state index contributed by atoms with van der Waals surface area (Å²) in [4.78, 5) is 15.0. The molecule has 1 amide bonds. The molecule has 1 N–H and O–H groups in total. The van der Waals surface area contributed by atoms with Crippen LogP contribution in [0.1, 0.15) is 54.7 Å². The van der Waals surface area contributed by atoms with E-state index in [1.807, 2.05) is 53.4 Å². The highest BCUT2D eigenvalue weighted by atomic mass is 16.5. The summed E-state index contributed by atoms with van der Waals surface area (Å²) < 4.78 is 11.3. The number of methoxy groups -OCH3 is 1. The van der Waals surface area contributed by atoms with E-state index in [1.165, 1.54) is 19.3 Å². The van der Waals surface area contributed by atoms with Crippen molar-refractivity contribution in [2.75, 3.05) is 32.2 Å². The SMILES string of the molecule is CCCCCCOc1ccccc1C1Nc2ccccc2C(=O)N1CCOC.